The summed E-state index contributed by atoms with van der Waals surface area (Å²) >= 11 is 7.56. The van der Waals surface area contributed by atoms with Crippen molar-refractivity contribution < 1.29 is 9.53 Å². The zero-order chi connectivity index (χ0) is 18.5. The molecule has 0 unspecified atom stereocenters. The summed E-state index contributed by atoms with van der Waals surface area (Å²) in [4.78, 5) is 16.8. The van der Waals surface area contributed by atoms with E-state index in [0.29, 0.717) is 17.3 Å². The van der Waals surface area contributed by atoms with Crippen LogP contribution < -0.4 is 10.1 Å². The van der Waals surface area contributed by atoms with Crippen LogP contribution in [0, 0.1) is 6.92 Å². The van der Waals surface area contributed by atoms with Crippen molar-refractivity contribution in [2.24, 2.45) is 0 Å². The molecule has 0 radical (unpaired) electrons. The smallest absolute Gasteiger partial charge is 0.261 e. The van der Waals surface area contributed by atoms with Crippen molar-refractivity contribution in [2.45, 2.75) is 26.5 Å². The molecule has 0 saturated heterocycles. The Balaban J connectivity index is 1.55. The molecule has 2 aromatic carbocycles. The van der Waals surface area contributed by atoms with Crippen LogP contribution in [0.15, 0.2) is 53.9 Å². The van der Waals surface area contributed by atoms with Crippen molar-refractivity contribution in [2.75, 3.05) is 0 Å². The molecule has 0 saturated carbocycles. The molecule has 0 spiro atoms. The van der Waals surface area contributed by atoms with Crippen LogP contribution in [0.1, 0.15) is 18.2 Å². The van der Waals surface area contributed by atoms with Crippen molar-refractivity contribution >= 4 is 28.8 Å². The number of aryl methyl sites for hydroxylation is 1. The van der Waals surface area contributed by atoms with E-state index in [2.05, 4.69) is 10.3 Å². The molecule has 1 heterocycles. The van der Waals surface area contributed by atoms with E-state index in [1.165, 1.54) is 0 Å². The highest BCUT2D eigenvalue weighted by Crippen LogP contribution is 2.23. The maximum atomic E-state index is 12.3. The Morgan fingerprint density at radius 1 is 1.27 bits per heavy atom. The minimum absolute atomic E-state index is 0.188. The number of ether oxygens (including phenoxy) is 1. The summed E-state index contributed by atoms with van der Waals surface area (Å²) in [7, 11) is 0. The number of hydrogen-bond acceptors (Lipinski definition) is 4. The van der Waals surface area contributed by atoms with Crippen molar-refractivity contribution in [1.82, 2.24) is 10.3 Å². The van der Waals surface area contributed by atoms with Crippen molar-refractivity contribution in [1.29, 1.82) is 0 Å². The van der Waals surface area contributed by atoms with Gasteiger partial charge in [-0.1, -0.05) is 41.9 Å². The van der Waals surface area contributed by atoms with E-state index in [-0.39, 0.29) is 5.91 Å². The highest BCUT2D eigenvalue weighted by atomic mass is 35.5. The SMILES string of the molecule is Cc1cc(O[C@H](C)C(=O)NCc2csc(-c3ccccc3)n2)ccc1Cl. The third-order valence-corrected chi connectivity index (χ3v) is 5.19. The van der Waals surface area contributed by atoms with Gasteiger partial charge in [-0.25, -0.2) is 4.98 Å². The van der Waals surface area contributed by atoms with Crippen LogP contribution >= 0.6 is 22.9 Å². The number of nitrogens with zero attached hydrogens (tertiary/aromatic N) is 1. The van der Waals surface area contributed by atoms with Gasteiger partial charge in [0.25, 0.3) is 5.91 Å². The second-order valence-electron chi connectivity index (χ2n) is 5.90. The normalized spacial score (nSPS) is 11.8. The number of carbonyl (C=O) groups excluding carboxylic acids is 1. The molecule has 0 bridgehead atoms. The lowest BCUT2D eigenvalue weighted by atomic mass is 10.2. The molecule has 0 aliphatic heterocycles. The lowest BCUT2D eigenvalue weighted by Crippen LogP contribution is -2.36. The highest BCUT2D eigenvalue weighted by molar-refractivity contribution is 7.13. The first kappa shape index (κ1) is 18.4. The molecule has 0 aliphatic carbocycles. The monoisotopic (exact) mass is 386 g/mol. The molecule has 26 heavy (non-hydrogen) atoms. The van der Waals surface area contributed by atoms with Gasteiger partial charge in [0.2, 0.25) is 0 Å². The average molecular weight is 387 g/mol. The van der Waals surface area contributed by atoms with Crippen LogP contribution in [0.2, 0.25) is 5.02 Å². The van der Waals surface area contributed by atoms with Crippen molar-refractivity contribution in [3.63, 3.8) is 0 Å². The van der Waals surface area contributed by atoms with E-state index < -0.39 is 6.10 Å². The third kappa shape index (κ3) is 4.62. The fraction of sp³-hybridized carbons (Fsp3) is 0.200. The molecule has 1 N–H and O–H groups in total. The Kier molecular flexibility index (Phi) is 5.91. The van der Waals surface area contributed by atoms with Gasteiger partial charge in [0, 0.05) is 16.0 Å². The van der Waals surface area contributed by atoms with Crippen LogP contribution in [0.5, 0.6) is 5.75 Å². The molecule has 0 fully saturated rings. The number of rotatable bonds is 6. The number of aromatic nitrogens is 1. The molecule has 1 amide bonds. The highest BCUT2D eigenvalue weighted by Gasteiger charge is 2.15. The molecule has 3 rings (SSSR count). The summed E-state index contributed by atoms with van der Waals surface area (Å²) in [6.45, 7) is 3.98. The predicted octanol–water partition coefficient (Wildman–Crippen LogP) is 4.86. The van der Waals surface area contributed by atoms with Gasteiger partial charge >= 0.3 is 0 Å². The lowest BCUT2D eigenvalue weighted by molar-refractivity contribution is -0.127. The van der Waals surface area contributed by atoms with Gasteiger partial charge in [0.15, 0.2) is 6.10 Å². The van der Waals surface area contributed by atoms with Gasteiger partial charge in [-0.2, -0.15) is 0 Å². The van der Waals surface area contributed by atoms with Crippen LogP contribution in [0.25, 0.3) is 10.6 Å². The van der Waals surface area contributed by atoms with Crippen LogP contribution in [-0.2, 0) is 11.3 Å². The molecule has 6 heteroatoms. The van der Waals surface area contributed by atoms with Crippen LogP contribution in [0.4, 0.5) is 0 Å². The maximum Gasteiger partial charge on any atom is 0.261 e. The fourth-order valence-corrected chi connectivity index (χ4v) is 3.31. The van der Waals surface area contributed by atoms with Gasteiger partial charge in [-0.3, -0.25) is 4.79 Å². The van der Waals surface area contributed by atoms with E-state index in [1.54, 1.807) is 30.4 Å². The minimum Gasteiger partial charge on any atom is -0.481 e. The number of nitrogens with one attached hydrogen (secondary N) is 1. The maximum absolute atomic E-state index is 12.3. The average Bonchev–Trinajstić information content (AvgIpc) is 3.12. The van der Waals surface area contributed by atoms with Gasteiger partial charge < -0.3 is 10.1 Å². The largest absolute Gasteiger partial charge is 0.481 e. The van der Waals surface area contributed by atoms with Crippen molar-refractivity contribution in [3.05, 3.63) is 70.2 Å². The van der Waals surface area contributed by atoms with E-state index >= 15 is 0 Å². The fourth-order valence-electron chi connectivity index (χ4n) is 2.37. The summed E-state index contributed by atoms with van der Waals surface area (Å²) < 4.78 is 5.69. The van der Waals surface area contributed by atoms with E-state index in [0.717, 1.165) is 21.8 Å². The molecular weight excluding hydrogens is 368 g/mol. The number of thiazole rings is 1. The van der Waals surface area contributed by atoms with E-state index in [4.69, 9.17) is 16.3 Å². The summed E-state index contributed by atoms with van der Waals surface area (Å²) in [6, 6.07) is 15.3. The van der Waals surface area contributed by atoms with E-state index in [9.17, 15) is 4.79 Å². The minimum atomic E-state index is -0.609. The van der Waals surface area contributed by atoms with Crippen LogP contribution in [0.3, 0.4) is 0 Å². The summed E-state index contributed by atoms with van der Waals surface area (Å²) in [5, 5.41) is 6.43. The summed E-state index contributed by atoms with van der Waals surface area (Å²) in [6.07, 6.45) is -0.609. The van der Waals surface area contributed by atoms with Gasteiger partial charge in [0.1, 0.15) is 10.8 Å². The Morgan fingerprint density at radius 3 is 2.77 bits per heavy atom. The van der Waals surface area contributed by atoms with Gasteiger partial charge in [-0.15, -0.1) is 11.3 Å². The Morgan fingerprint density at radius 2 is 2.04 bits per heavy atom. The second kappa shape index (κ2) is 8.34. The zero-order valence-corrected chi connectivity index (χ0v) is 16.1. The zero-order valence-electron chi connectivity index (χ0n) is 14.5. The lowest BCUT2D eigenvalue weighted by Gasteiger charge is -2.15. The molecule has 134 valence electrons. The first-order valence-electron chi connectivity index (χ1n) is 8.23. The van der Waals surface area contributed by atoms with E-state index in [1.807, 2.05) is 48.7 Å². The number of hydrogen-bond donors (Lipinski definition) is 1. The quantitative estimate of drug-likeness (QED) is 0.658. The van der Waals surface area contributed by atoms with Gasteiger partial charge in [-0.05, 0) is 37.6 Å². The Bertz CT molecular complexity index is 896. The number of benzene rings is 2. The Labute approximate surface area is 161 Å². The van der Waals surface area contributed by atoms with Gasteiger partial charge in [0.05, 0.1) is 12.2 Å². The molecule has 0 aliphatic rings. The standard InChI is InChI=1S/C20H19ClN2O2S/c1-13-10-17(8-9-18(13)21)25-14(2)19(24)22-11-16-12-26-20(23-16)15-6-4-3-5-7-15/h3-10,12,14H,11H2,1-2H3,(H,22,24)/t14-/m1/s1. The molecular formula is C20H19ClN2O2S. The Hall–Kier alpha value is -2.37. The molecule has 3 aromatic rings. The third-order valence-electron chi connectivity index (χ3n) is 3.83. The summed E-state index contributed by atoms with van der Waals surface area (Å²) in [5.74, 6) is 0.432. The molecule has 1 aromatic heterocycles. The molecule has 1 atom stereocenters. The summed E-state index contributed by atoms with van der Waals surface area (Å²) in [5.41, 5.74) is 2.81. The number of amides is 1. The number of carbonyl (C=O) groups is 1. The topological polar surface area (TPSA) is 51.2 Å². The number of halogens is 1. The van der Waals surface area contributed by atoms with Crippen LogP contribution in [-0.4, -0.2) is 17.0 Å². The first-order valence-corrected chi connectivity index (χ1v) is 9.49. The molecule has 4 nitrogen and oxygen atoms in total. The first-order chi connectivity index (χ1) is 12.5. The predicted molar refractivity (Wildman–Crippen MR) is 106 cm³/mol. The van der Waals surface area contributed by atoms with Crippen molar-refractivity contribution in [3.8, 4) is 16.3 Å². The second-order valence-corrected chi connectivity index (χ2v) is 7.16.